The lowest BCUT2D eigenvalue weighted by Gasteiger charge is -2.13. The Balaban J connectivity index is 2.38. The number of halogens is 1. The number of carbonyl (C=O) groups excluding carboxylic acids is 2. The van der Waals surface area contributed by atoms with Crippen LogP contribution in [0.3, 0.4) is 0 Å². The van der Waals surface area contributed by atoms with Gasteiger partial charge in [0.2, 0.25) is 0 Å². The molecule has 0 spiro atoms. The summed E-state index contributed by atoms with van der Waals surface area (Å²) in [5.41, 5.74) is 0.771. The van der Waals surface area contributed by atoms with Crippen LogP contribution in [-0.4, -0.2) is 34.9 Å². The lowest BCUT2D eigenvalue weighted by molar-refractivity contribution is -0.146. The van der Waals surface area contributed by atoms with Gasteiger partial charge in [-0.15, -0.1) is 0 Å². The second kappa shape index (κ2) is 9.51. The number of esters is 2. The van der Waals surface area contributed by atoms with Gasteiger partial charge in [-0.3, -0.25) is 0 Å². The molecule has 0 atom stereocenters. The highest BCUT2D eigenvalue weighted by molar-refractivity contribution is 6.14. The Bertz CT molecular complexity index is 825. The summed E-state index contributed by atoms with van der Waals surface area (Å²) in [5, 5.41) is 6.97. The highest BCUT2D eigenvalue weighted by Gasteiger charge is 2.21. The predicted octanol–water partition coefficient (Wildman–Crippen LogP) is 3.00. The summed E-state index contributed by atoms with van der Waals surface area (Å²) in [4.78, 5) is 24.0. The number of carbonyl (C=O) groups is 2. The van der Waals surface area contributed by atoms with Crippen molar-refractivity contribution in [3.05, 3.63) is 53.6 Å². The number of para-hydroxylation sites is 1. The van der Waals surface area contributed by atoms with Crippen LogP contribution in [-0.2, 0) is 25.5 Å². The molecule has 0 amide bonds. The molecular weight excluding hydrogens is 353 g/mol. The third kappa shape index (κ3) is 4.72. The van der Waals surface area contributed by atoms with E-state index in [1.165, 1.54) is 23.1 Å². The average molecular weight is 375 g/mol. The van der Waals surface area contributed by atoms with E-state index < -0.39 is 17.8 Å². The van der Waals surface area contributed by atoms with Crippen molar-refractivity contribution in [2.24, 2.45) is 0 Å². The van der Waals surface area contributed by atoms with Crippen molar-refractivity contribution in [2.75, 3.05) is 18.5 Å². The third-order valence-corrected chi connectivity index (χ3v) is 3.66. The molecule has 0 aliphatic rings. The molecule has 0 fully saturated rings. The number of hydrogen-bond donors (Lipinski definition) is 1. The van der Waals surface area contributed by atoms with Gasteiger partial charge >= 0.3 is 11.9 Å². The van der Waals surface area contributed by atoms with Gasteiger partial charge in [0.15, 0.2) is 5.57 Å². The highest BCUT2D eigenvalue weighted by atomic mass is 19.1. The zero-order chi connectivity index (χ0) is 19.8. The number of nitrogens with zero attached hydrogens (tertiary/aromatic N) is 2. The van der Waals surface area contributed by atoms with Crippen LogP contribution in [0.15, 0.2) is 42.2 Å². The van der Waals surface area contributed by atoms with E-state index in [0.717, 1.165) is 5.56 Å². The Hall–Kier alpha value is -3.16. The van der Waals surface area contributed by atoms with E-state index in [-0.39, 0.29) is 18.8 Å². The molecule has 2 aromatic rings. The van der Waals surface area contributed by atoms with Crippen molar-refractivity contribution < 1.29 is 23.5 Å². The molecule has 1 aromatic heterocycles. The van der Waals surface area contributed by atoms with E-state index in [2.05, 4.69) is 10.4 Å². The van der Waals surface area contributed by atoms with Crippen molar-refractivity contribution >= 4 is 17.8 Å². The molecule has 27 heavy (non-hydrogen) atoms. The molecule has 1 aromatic carbocycles. The summed E-state index contributed by atoms with van der Waals surface area (Å²) in [7, 11) is 0. The second-order valence-corrected chi connectivity index (χ2v) is 5.37. The Kier molecular flexibility index (Phi) is 7.10. The maximum Gasteiger partial charge on any atom is 0.347 e. The minimum absolute atomic E-state index is 0.114. The first-order valence-electron chi connectivity index (χ1n) is 8.66. The zero-order valence-corrected chi connectivity index (χ0v) is 15.5. The molecule has 0 aliphatic carbocycles. The summed E-state index contributed by atoms with van der Waals surface area (Å²) in [6, 6.07) is 6.38. The van der Waals surface area contributed by atoms with Crippen LogP contribution in [0.25, 0.3) is 5.69 Å². The Morgan fingerprint density at radius 1 is 1.15 bits per heavy atom. The minimum atomic E-state index is -0.811. The first-order valence-corrected chi connectivity index (χ1v) is 8.66. The van der Waals surface area contributed by atoms with Crippen molar-refractivity contribution in [3.63, 3.8) is 0 Å². The predicted molar refractivity (Wildman–Crippen MR) is 97.9 cm³/mol. The van der Waals surface area contributed by atoms with Gasteiger partial charge in [0.05, 0.1) is 19.4 Å². The maximum absolute atomic E-state index is 14.4. The standard InChI is InChI=1S/C19H22FN3O4/c1-4-13-8-7-9-15(20)17(13)23-16(10-11-22-23)21-12-14(18(24)26-5-2)19(25)27-6-3/h7-12,21H,4-6H2,1-3H3. The van der Waals surface area contributed by atoms with Crippen LogP contribution in [0.2, 0.25) is 0 Å². The van der Waals surface area contributed by atoms with Gasteiger partial charge < -0.3 is 14.8 Å². The molecule has 144 valence electrons. The molecule has 0 bridgehead atoms. The van der Waals surface area contributed by atoms with E-state index in [9.17, 15) is 14.0 Å². The topological polar surface area (TPSA) is 82.5 Å². The van der Waals surface area contributed by atoms with Crippen molar-refractivity contribution in [2.45, 2.75) is 27.2 Å². The van der Waals surface area contributed by atoms with Gasteiger partial charge in [-0.05, 0) is 31.9 Å². The van der Waals surface area contributed by atoms with Crippen LogP contribution >= 0.6 is 0 Å². The van der Waals surface area contributed by atoms with Crippen LogP contribution in [0.1, 0.15) is 26.3 Å². The fraction of sp³-hybridized carbons (Fsp3) is 0.316. The second-order valence-electron chi connectivity index (χ2n) is 5.37. The lowest BCUT2D eigenvalue weighted by atomic mass is 10.1. The number of rotatable bonds is 8. The molecule has 2 rings (SSSR count). The monoisotopic (exact) mass is 375 g/mol. The lowest BCUT2D eigenvalue weighted by Crippen LogP contribution is -2.20. The molecular formula is C19H22FN3O4. The van der Waals surface area contributed by atoms with Crippen LogP contribution < -0.4 is 5.32 Å². The van der Waals surface area contributed by atoms with Crippen molar-refractivity contribution in [1.82, 2.24) is 9.78 Å². The fourth-order valence-electron chi connectivity index (χ4n) is 2.44. The first-order chi connectivity index (χ1) is 13.0. The quantitative estimate of drug-likeness (QED) is 0.331. The van der Waals surface area contributed by atoms with Crippen LogP contribution in [0.4, 0.5) is 10.2 Å². The third-order valence-electron chi connectivity index (χ3n) is 3.66. The van der Waals surface area contributed by atoms with E-state index in [0.29, 0.717) is 17.9 Å². The Morgan fingerprint density at radius 2 is 1.81 bits per heavy atom. The number of nitrogens with one attached hydrogen (secondary N) is 1. The fourth-order valence-corrected chi connectivity index (χ4v) is 2.44. The number of aryl methyl sites for hydroxylation is 1. The molecule has 0 radical (unpaired) electrons. The Morgan fingerprint density at radius 3 is 2.41 bits per heavy atom. The van der Waals surface area contributed by atoms with Gasteiger partial charge in [0, 0.05) is 12.3 Å². The van der Waals surface area contributed by atoms with Gasteiger partial charge in [-0.2, -0.15) is 5.10 Å². The van der Waals surface area contributed by atoms with E-state index >= 15 is 0 Å². The van der Waals surface area contributed by atoms with Crippen molar-refractivity contribution in [3.8, 4) is 5.69 Å². The van der Waals surface area contributed by atoms with Gasteiger partial charge in [-0.25, -0.2) is 18.7 Å². The molecule has 0 saturated carbocycles. The molecule has 8 heteroatoms. The highest BCUT2D eigenvalue weighted by Crippen LogP contribution is 2.23. The first kappa shape index (κ1) is 20.2. The largest absolute Gasteiger partial charge is 0.462 e. The van der Waals surface area contributed by atoms with E-state index in [1.807, 2.05) is 13.0 Å². The zero-order valence-electron chi connectivity index (χ0n) is 15.5. The smallest absolute Gasteiger partial charge is 0.347 e. The summed E-state index contributed by atoms with van der Waals surface area (Å²) < 4.78 is 25.5. The van der Waals surface area contributed by atoms with E-state index in [4.69, 9.17) is 9.47 Å². The van der Waals surface area contributed by atoms with Gasteiger partial charge in [0.25, 0.3) is 0 Å². The molecule has 1 heterocycles. The maximum atomic E-state index is 14.4. The minimum Gasteiger partial charge on any atom is -0.462 e. The molecule has 0 aliphatic heterocycles. The van der Waals surface area contributed by atoms with Crippen LogP contribution in [0, 0.1) is 5.82 Å². The van der Waals surface area contributed by atoms with Crippen LogP contribution in [0.5, 0.6) is 0 Å². The summed E-state index contributed by atoms with van der Waals surface area (Å²) >= 11 is 0. The Labute approximate surface area is 156 Å². The average Bonchev–Trinajstić information content (AvgIpc) is 3.10. The molecule has 0 unspecified atom stereocenters. The summed E-state index contributed by atoms with van der Waals surface area (Å²) in [5.74, 6) is -1.67. The van der Waals surface area contributed by atoms with Gasteiger partial charge in [0.1, 0.15) is 17.3 Å². The van der Waals surface area contributed by atoms with Gasteiger partial charge in [-0.1, -0.05) is 19.1 Å². The summed E-state index contributed by atoms with van der Waals surface area (Å²) in [6.07, 6.45) is 3.27. The number of aromatic nitrogens is 2. The molecule has 0 saturated heterocycles. The normalized spacial score (nSPS) is 10.2. The molecule has 7 nitrogen and oxygen atoms in total. The van der Waals surface area contributed by atoms with E-state index in [1.54, 1.807) is 26.0 Å². The SMILES string of the molecule is CCOC(=O)C(=CNc1ccnn1-c1c(F)cccc1CC)C(=O)OCC. The number of anilines is 1. The van der Waals surface area contributed by atoms with Crippen molar-refractivity contribution in [1.29, 1.82) is 0 Å². The number of hydrogen-bond acceptors (Lipinski definition) is 6. The molecule has 1 N–H and O–H groups in total. The number of benzene rings is 1. The number of ether oxygens (including phenoxy) is 2. The summed E-state index contributed by atoms with van der Waals surface area (Å²) in [6.45, 7) is 5.40.